The molecule has 3 rings (SSSR count). The molecule has 1 aromatic heterocycles. The fourth-order valence-electron chi connectivity index (χ4n) is 3.73. The number of aryl methyl sites for hydroxylation is 1. The van der Waals surface area contributed by atoms with Crippen LogP contribution >= 0.6 is 11.6 Å². The number of halogens is 1. The van der Waals surface area contributed by atoms with Gasteiger partial charge in [-0.15, -0.1) is 0 Å². The third-order valence-corrected chi connectivity index (χ3v) is 6.44. The van der Waals surface area contributed by atoms with Crippen LogP contribution in [0.4, 0.5) is 0 Å². The maximum atomic E-state index is 13.8. The number of hydrogen-bond donors (Lipinski definition) is 1. The Morgan fingerprint density at radius 2 is 1.67 bits per heavy atom. The number of carbonyl (C=O) groups excluding carboxylic acids is 1. The summed E-state index contributed by atoms with van der Waals surface area (Å²) in [5, 5.41) is 9.38. The van der Waals surface area contributed by atoms with Crippen molar-refractivity contribution >= 4 is 23.4 Å². The number of ketones is 1. The number of nitrogens with zero attached hydrogens (tertiary/aromatic N) is 2. The van der Waals surface area contributed by atoms with Gasteiger partial charge in [0.25, 0.3) is 0 Å². The highest BCUT2D eigenvalue weighted by molar-refractivity contribution is 6.29. The molecule has 7 heteroatoms. The number of imidazole rings is 1. The molecule has 0 bridgehead atoms. The van der Waals surface area contributed by atoms with Gasteiger partial charge in [0, 0.05) is 13.5 Å². The number of carboxylic acid groups (broad SMARTS) is 1. The second kappa shape index (κ2) is 10.7. The standard InChI is InChI=1S/C29H31ClN2O4/c1-19-7-9-20(10-8-19)18-32-25(23(31-27(32)30)15-16-29(4,5)36-6)24(33)17-28(2,3)22-13-11-21(12-14-22)26(34)35/h7-14H,17-18H2,1-6H3,(H,34,35). The molecule has 188 valence electrons. The highest BCUT2D eigenvalue weighted by Crippen LogP contribution is 2.31. The van der Waals surface area contributed by atoms with Crippen LogP contribution < -0.4 is 0 Å². The lowest BCUT2D eigenvalue weighted by Crippen LogP contribution is -2.24. The lowest BCUT2D eigenvalue weighted by Gasteiger charge is -2.25. The Balaban J connectivity index is 2.03. The molecular weight excluding hydrogens is 476 g/mol. The predicted octanol–water partition coefficient (Wildman–Crippen LogP) is 5.92. The molecule has 2 aromatic carbocycles. The molecule has 0 unspecified atom stereocenters. The molecule has 0 atom stereocenters. The van der Waals surface area contributed by atoms with Crippen LogP contribution in [0.1, 0.15) is 77.3 Å². The van der Waals surface area contributed by atoms with Gasteiger partial charge in [-0.05, 0) is 67.0 Å². The van der Waals surface area contributed by atoms with E-state index < -0.39 is 17.0 Å². The van der Waals surface area contributed by atoms with E-state index in [0.717, 1.165) is 16.7 Å². The molecule has 0 aliphatic rings. The van der Waals surface area contributed by atoms with Gasteiger partial charge in [-0.3, -0.25) is 4.79 Å². The molecule has 0 fully saturated rings. The van der Waals surface area contributed by atoms with Gasteiger partial charge in [-0.1, -0.05) is 61.7 Å². The van der Waals surface area contributed by atoms with Crippen molar-refractivity contribution in [2.24, 2.45) is 0 Å². The van der Waals surface area contributed by atoms with E-state index in [0.29, 0.717) is 17.9 Å². The van der Waals surface area contributed by atoms with Gasteiger partial charge in [0.15, 0.2) is 5.78 Å². The minimum Gasteiger partial charge on any atom is -0.478 e. The molecule has 0 saturated heterocycles. The number of methoxy groups -OCH3 is 1. The Bertz CT molecular complexity index is 1320. The minimum absolute atomic E-state index is 0.150. The third-order valence-electron chi connectivity index (χ3n) is 6.15. The van der Waals surface area contributed by atoms with Crippen LogP contribution in [0, 0.1) is 18.8 Å². The molecule has 3 aromatic rings. The van der Waals surface area contributed by atoms with Crippen LogP contribution in [0.15, 0.2) is 48.5 Å². The van der Waals surface area contributed by atoms with Gasteiger partial charge in [0.1, 0.15) is 17.0 Å². The number of hydrogen-bond acceptors (Lipinski definition) is 4. The first-order valence-corrected chi connectivity index (χ1v) is 12.0. The van der Waals surface area contributed by atoms with Crippen LogP contribution in [-0.4, -0.2) is 39.1 Å². The Morgan fingerprint density at radius 3 is 2.22 bits per heavy atom. The normalized spacial score (nSPS) is 11.6. The number of carbonyl (C=O) groups is 2. The Hall–Kier alpha value is -3.40. The fraction of sp³-hybridized carbons (Fsp3) is 0.345. The van der Waals surface area contributed by atoms with Crippen LogP contribution in [0.2, 0.25) is 5.28 Å². The summed E-state index contributed by atoms with van der Waals surface area (Å²) in [5.74, 6) is 4.89. The number of ether oxygens (including phenoxy) is 1. The summed E-state index contributed by atoms with van der Waals surface area (Å²) in [7, 11) is 1.57. The molecule has 1 heterocycles. The van der Waals surface area contributed by atoms with Crippen molar-refractivity contribution in [3.8, 4) is 11.8 Å². The van der Waals surface area contributed by atoms with Crippen molar-refractivity contribution in [1.82, 2.24) is 9.55 Å². The summed E-state index contributed by atoms with van der Waals surface area (Å²) in [6.07, 6.45) is 0.150. The molecule has 0 radical (unpaired) electrons. The van der Waals surface area contributed by atoms with Crippen LogP contribution in [0.5, 0.6) is 0 Å². The number of aromatic nitrogens is 2. The maximum absolute atomic E-state index is 13.8. The van der Waals surface area contributed by atoms with E-state index in [-0.39, 0.29) is 23.1 Å². The number of carboxylic acids is 1. The number of Topliss-reactive ketones (excluding diaryl/α,β-unsaturated/α-hetero) is 1. The smallest absolute Gasteiger partial charge is 0.335 e. The lowest BCUT2D eigenvalue weighted by molar-refractivity contribution is 0.0695. The zero-order valence-electron chi connectivity index (χ0n) is 21.5. The number of aromatic carboxylic acids is 1. The summed E-state index contributed by atoms with van der Waals surface area (Å²) >= 11 is 6.54. The van der Waals surface area contributed by atoms with Crippen molar-refractivity contribution in [3.05, 3.63) is 87.5 Å². The van der Waals surface area contributed by atoms with E-state index in [4.69, 9.17) is 16.3 Å². The van der Waals surface area contributed by atoms with E-state index in [1.54, 1.807) is 35.9 Å². The zero-order chi connectivity index (χ0) is 26.7. The zero-order valence-corrected chi connectivity index (χ0v) is 22.2. The molecule has 36 heavy (non-hydrogen) atoms. The minimum atomic E-state index is -0.993. The van der Waals surface area contributed by atoms with E-state index in [9.17, 15) is 14.7 Å². The van der Waals surface area contributed by atoms with Gasteiger partial charge < -0.3 is 14.4 Å². The van der Waals surface area contributed by atoms with Crippen molar-refractivity contribution in [2.45, 2.75) is 58.6 Å². The molecule has 0 aliphatic carbocycles. The molecule has 0 amide bonds. The van der Waals surface area contributed by atoms with Crippen molar-refractivity contribution < 1.29 is 19.4 Å². The van der Waals surface area contributed by atoms with Gasteiger partial charge in [-0.25, -0.2) is 9.78 Å². The van der Waals surface area contributed by atoms with Crippen LogP contribution in [-0.2, 0) is 16.7 Å². The molecule has 0 aliphatic heterocycles. The largest absolute Gasteiger partial charge is 0.478 e. The van der Waals surface area contributed by atoms with Crippen molar-refractivity contribution in [3.63, 3.8) is 0 Å². The summed E-state index contributed by atoms with van der Waals surface area (Å²) < 4.78 is 7.10. The topological polar surface area (TPSA) is 81.4 Å². The van der Waals surface area contributed by atoms with Crippen molar-refractivity contribution in [1.29, 1.82) is 0 Å². The second-order valence-electron chi connectivity index (χ2n) is 9.98. The Labute approximate surface area is 217 Å². The maximum Gasteiger partial charge on any atom is 0.335 e. The highest BCUT2D eigenvalue weighted by Gasteiger charge is 2.30. The average Bonchev–Trinajstić information content (AvgIpc) is 3.14. The van der Waals surface area contributed by atoms with E-state index in [1.165, 1.54) is 0 Å². The van der Waals surface area contributed by atoms with Crippen LogP contribution in [0.25, 0.3) is 0 Å². The third kappa shape index (κ3) is 6.42. The first-order chi connectivity index (χ1) is 16.8. The first kappa shape index (κ1) is 27.2. The predicted molar refractivity (Wildman–Crippen MR) is 141 cm³/mol. The van der Waals surface area contributed by atoms with Gasteiger partial charge >= 0.3 is 5.97 Å². The van der Waals surface area contributed by atoms with E-state index >= 15 is 0 Å². The van der Waals surface area contributed by atoms with Gasteiger partial charge in [0.05, 0.1) is 12.1 Å². The lowest BCUT2D eigenvalue weighted by atomic mass is 9.79. The number of rotatable bonds is 8. The number of benzene rings is 2. The summed E-state index contributed by atoms with van der Waals surface area (Å²) in [4.78, 5) is 29.4. The molecule has 0 saturated carbocycles. The molecule has 6 nitrogen and oxygen atoms in total. The van der Waals surface area contributed by atoms with Crippen molar-refractivity contribution in [2.75, 3.05) is 7.11 Å². The molecule has 0 spiro atoms. The van der Waals surface area contributed by atoms with Gasteiger partial charge in [0.2, 0.25) is 5.28 Å². The van der Waals surface area contributed by atoms with Crippen LogP contribution in [0.3, 0.4) is 0 Å². The first-order valence-electron chi connectivity index (χ1n) is 11.6. The average molecular weight is 507 g/mol. The fourth-order valence-corrected chi connectivity index (χ4v) is 3.96. The summed E-state index contributed by atoms with van der Waals surface area (Å²) in [6, 6.07) is 14.6. The monoisotopic (exact) mass is 506 g/mol. The van der Waals surface area contributed by atoms with Gasteiger partial charge in [-0.2, -0.15) is 0 Å². The van der Waals surface area contributed by atoms with E-state index in [1.807, 2.05) is 58.9 Å². The quantitative estimate of drug-likeness (QED) is 0.303. The highest BCUT2D eigenvalue weighted by atomic mass is 35.5. The SMILES string of the molecule is COC(C)(C)C#Cc1nc(Cl)n(Cc2ccc(C)cc2)c1C(=O)CC(C)(C)c1ccc(C(=O)O)cc1. The Morgan fingerprint density at radius 1 is 1.06 bits per heavy atom. The summed E-state index contributed by atoms with van der Waals surface area (Å²) in [5.41, 5.74) is 2.51. The summed E-state index contributed by atoms with van der Waals surface area (Å²) in [6.45, 7) is 9.94. The molecule has 1 N–H and O–H groups in total. The second-order valence-corrected chi connectivity index (χ2v) is 10.3. The Kier molecular flexibility index (Phi) is 8.08. The molecular formula is C29H31ClN2O4. The van der Waals surface area contributed by atoms with E-state index in [2.05, 4.69) is 16.8 Å².